The standard InChI is InChI=1S/C26H27FO/c1-2-3-19-4-17-26(28-18-19)24-11-9-22(10-12-24)20-5-7-21(8-6-20)23-13-15-25(27)16-14-23/h5-16,19,26H,2-4,17-18H2,1H3. The third-order valence-corrected chi connectivity index (χ3v) is 5.75. The maximum Gasteiger partial charge on any atom is 0.123 e. The van der Waals surface area contributed by atoms with E-state index in [9.17, 15) is 4.39 Å². The predicted molar refractivity (Wildman–Crippen MR) is 114 cm³/mol. The van der Waals surface area contributed by atoms with Crippen molar-refractivity contribution < 1.29 is 9.13 Å². The summed E-state index contributed by atoms with van der Waals surface area (Å²) in [5.74, 6) is 0.531. The SMILES string of the molecule is CCCC1CCC(c2ccc(-c3ccc(-c4ccc(F)cc4)cc3)cc2)OC1. The van der Waals surface area contributed by atoms with Gasteiger partial charge in [0.1, 0.15) is 5.82 Å². The van der Waals surface area contributed by atoms with Gasteiger partial charge < -0.3 is 4.74 Å². The number of hydrogen-bond donors (Lipinski definition) is 0. The molecule has 0 amide bonds. The number of ether oxygens (including phenoxy) is 1. The van der Waals surface area contributed by atoms with Gasteiger partial charge in [-0.05, 0) is 65.1 Å². The van der Waals surface area contributed by atoms with Crippen molar-refractivity contribution in [2.24, 2.45) is 5.92 Å². The summed E-state index contributed by atoms with van der Waals surface area (Å²) in [5.41, 5.74) is 5.79. The fourth-order valence-electron chi connectivity index (χ4n) is 4.09. The minimum atomic E-state index is -0.205. The van der Waals surface area contributed by atoms with E-state index >= 15 is 0 Å². The van der Waals surface area contributed by atoms with Crippen LogP contribution in [0.5, 0.6) is 0 Å². The lowest BCUT2D eigenvalue weighted by atomic mass is 9.91. The molecule has 1 aliphatic heterocycles. The minimum absolute atomic E-state index is 0.205. The van der Waals surface area contributed by atoms with Gasteiger partial charge in [0.2, 0.25) is 0 Å². The van der Waals surface area contributed by atoms with Crippen LogP contribution >= 0.6 is 0 Å². The largest absolute Gasteiger partial charge is 0.373 e. The number of benzene rings is 3. The molecular weight excluding hydrogens is 347 g/mol. The molecule has 1 nitrogen and oxygen atoms in total. The summed E-state index contributed by atoms with van der Waals surface area (Å²) in [5, 5.41) is 0. The van der Waals surface area contributed by atoms with Crippen molar-refractivity contribution in [1.82, 2.24) is 0 Å². The van der Waals surface area contributed by atoms with Gasteiger partial charge in [-0.15, -0.1) is 0 Å². The summed E-state index contributed by atoms with van der Waals surface area (Å²) in [6.07, 6.45) is 5.15. The molecule has 3 aromatic rings. The molecule has 2 heteroatoms. The molecule has 0 aliphatic carbocycles. The average Bonchev–Trinajstić information content (AvgIpc) is 2.75. The van der Waals surface area contributed by atoms with Gasteiger partial charge in [-0.1, -0.05) is 74.0 Å². The van der Waals surface area contributed by atoms with Gasteiger partial charge in [0.05, 0.1) is 12.7 Å². The zero-order chi connectivity index (χ0) is 19.3. The van der Waals surface area contributed by atoms with E-state index in [-0.39, 0.29) is 11.9 Å². The van der Waals surface area contributed by atoms with Crippen LogP contribution in [0, 0.1) is 11.7 Å². The first kappa shape index (κ1) is 18.9. The molecule has 3 aromatic carbocycles. The summed E-state index contributed by atoms with van der Waals surface area (Å²) in [6.45, 7) is 3.14. The Morgan fingerprint density at radius 2 is 1.25 bits per heavy atom. The second kappa shape index (κ2) is 8.70. The summed E-state index contributed by atoms with van der Waals surface area (Å²) >= 11 is 0. The van der Waals surface area contributed by atoms with E-state index in [1.54, 1.807) is 0 Å². The van der Waals surface area contributed by atoms with E-state index in [0.29, 0.717) is 0 Å². The molecule has 1 heterocycles. The highest BCUT2D eigenvalue weighted by Gasteiger charge is 2.22. The fourth-order valence-corrected chi connectivity index (χ4v) is 4.09. The quantitative estimate of drug-likeness (QED) is 0.451. The summed E-state index contributed by atoms with van der Waals surface area (Å²) in [7, 11) is 0. The molecule has 4 rings (SSSR count). The van der Waals surface area contributed by atoms with Crippen molar-refractivity contribution in [3.63, 3.8) is 0 Å². The molecule has 1 fully saturated rings. The van der Waals surface area contributed by atoms with Crippen LogP contribution in [0.2, 0.25) is 0 Å². The first-order valence-corrected chi connectivity index (χ1v) is 10.3. The molecule has 2 atom stereocenters. The molecule has 144 valence electrons. The van der Waals surface area contributed by atoms with Crippen LogP contribution in [0.4, 0.5) is 4.39 Å². The molecule has 1 saturated heterocycles. The molecule has 0 N–H and O–H groups in total. The van der Waals surface area contributed by atoms with Gasteiger partial charge in [-0.2, -0.15) is 0 Å². The van der Waals surface area contributed by atoms with Gasteiger partial charge in [0.25, 0.3) is 0 Å². The lowest BCUT2D eigenvalue weighted by molar-refractivity contribution is -0.0194. The van der Waals surface area contributed by atoms with Crippen LogP contribution in [0.25, 0.3) is 22.3 Å². The third kappa shape index (κ3) is 4.34. The van der Waals surface area contributed by atoms with Crippen molar-refractivity contribution in [3.05, 3.63) is 84.2 Å². The van der Waals surface area contributed by atoms with E-state index < -0.39 is 0 Å². The maximum absolute atomic E-state index is 13.1. The van der Waals surface area contributed by atoms with Crippen molar-refractivity contribution in [2.45, 2.75) is 38.7 Å². The fraction of sp³-hybridized carbons (Fsp3) is 0.308. The Balaban J connectivity index is 1.43. The Labute approximate surface area is 167 Å². The van der Waals surface area contributed by atoms with E-state index in [1.165, 1.54) is 48.1 Å². The number of rotatable bonds is 5. The van der Waals surface area contributed by atoms with Gasteiger partial charge in [-0.25, -0.2) is 4.39 Å². The van der Waals surface area contributed by atoms with Crippen LogP contribution in [-0.2, 0) is 4.74 Å². The Hall–Kier alpha value is -2.45. The third-order valence-electron chi connectivity index (χ3n) is 5.75. The van der Waals surface area contributed by atoms with Crippen LogP contribution < -0.4 is 0 Å². The second-order valence-corrected chi connectivity index (χ2v) is 7.76. The Morgan fingerprint density at radius 1 is 0.750 bits per heavy atom. The topological polar surface area (TPSA) is 9.23 Å². The predicted octanol–water partition coefficient (Wildman–Crippen LogP) is 7.43. The number of halogens is 1. The van der Waals surface area contributed by atoms with Gasteiger partial charge in [-0.3, -0.25) is 0 Å². The van der Waals surface area contributed by atoms with E-state index in [2.05, 4.69) is 55.5 Å². The monoisotopic (exact) mass is 374 g/mol. The second-order valence-electron chi connectivity index (χ2n) is 7.76. The molecule has 0 bridgehead atoms. The Kier molecular flexibility index (Phi) is 5.87. The van der Waals surface area contributed by atoms with E-state index in [0.717, 1.165) is 30.1 Å². The van der Waals surface area contributed by atoms with Crippen LogP contribution in [0.15, 0.2) is 72.8 Å². The summed E-state index contributed by atoms with van der Waals surface area (Å²) < 4.78 is 19.2. The van der Waals surface area contributed by atoms with Crippen molar-refractivity contribution in [2.75, 3.05) is 6.61 Å². The minimum Gasteiger partial charge on any atom is -0.373 e. The van der Waals surface area contributed by atoms with Gasteiger partial charge in [0.15, 0.2) is 0 Å². The molecule has 0 aromatic heterocycles. The highest BCUT2D eigenvalue weighted by Crippen LogP contribution is 2.33. The van der Waals surface area contributed by atoms with Gasteiger partial charge in [0, 0.05) is 0 Å². The normalized spacial score (nSPS) is 19.5. The van der Waals surface area contributed by atoms with Crippen LogP contribution in [-0.4, -0.2) is 6.61 Å². The molecule has 2 unspecified atom stereocenters. The molecule has 28 heavy (non-hydrogen) atoms. The van der Waals surface area contributed by atoms with Crippen molar-refractivity contribution in [3.8, 4) is 22.3 Å². The molecular formula is C26H27FO. The summed E-state index contributed by atoms with van der Waals surface area (Å²) in [4.78, 5) is 0. The molecule has 1 aliphatic rings. The van der Waals surface area contributed by atoms with Crippen molar-refractivity contribution in [1.29, 1.82) is 0 Å². The van der Waals surface area contributed by atoms with Crippen LogP contribution in [0.1, 0.15) is 44.3 Å². The maximum atomic E-state index is 13.1. The lowest BCUT2D eigenvalue weighted by Crippen LogP contribution is -2.20. The highest BCUT2D eigenvalue weighted by molar-refractivity contribution is 5.70. The van der Waals surface area contributed by atoms with E-state index in [1.807, 2.05) is 12.1 Å². The zero-order valence-corrected chi connectivity index (χ0v) is 16.4. The van der Waals surface area contributed by atoms with Gasteiger partial charge >= 0.3 is 0 Å². The van der Waals surface area contributed by atoms with Crippen molar-refractivity contribution >= 4 is 0 Å². The Morgan fingerprint density at radius 3 is 1.71 bits per heavy atom. The first-order chi connectivity index (χ1) is 13.7. The van der Waals surface area contributed by atoms with Crippen LogP contribution in [0.3, 0.4) is 0 Å². The molecule has 0 radical (unpaired) electrons. The lowest BCUT2D eigenvalue weighted by Gasteiger charge is -2.29. The first-order valence-electron chi connectivity index (χ1n) is 10.3. The zero-order valence-electron chi connectivity index (χ0n) is 16.4. The Bertz CT molecular complexity index is 873. The molecule has 0 saturated carbocycles. The summed E-state index contributed by atoms with van der Waals surface area (Å²) in [6, 6.07) is 23.8. The number of hydrogen-bond acceptors (Lipinski definition) is 1. The molecule has 0 spiro atoms. The average molecular weight is 374 g/mol. The van der Waals surface area contributed by atoms with E-state index in [4.69, 9.17) is 4.74 Å². The highest BCUT2D eigenvalue weighted by atomic mass is 19.1. The smallest absolute Gasteiger partial charge is 0.123 e.